The fourth-order valence-electron chi connectivity index (χ4n) is 2.42. The number of rotatable bonds is 7. The molecule has 0 radical (unpaired) electrons. The second kappa shape index (κ2) is 9.16. The van der Waals surface area contributed by atoms with Crippen molar-refractivity contribution in [2.45, 2.75) is 51.8 Å². The molecule has 0 aliphatic heterocycles. The van der Waals surface area contributed by atoms with Crippen molar-refractivity contribution >= 4 is 12.1 Å². The summed E-state index contributed by atoms with van der Waals surface area (Å²) < 4.78 is 11.9. The minimum atomic E-state index is -0.871. The van der Waals surface area contributed by atoms with Crippen LogP contribution in [-0.4, -0.2) is 45.4 Å². The first-order valence-corrected chi connectivity index (χ1v) is 8.75. The van der Waals surface area contributed by atoms with Gasteiger partial charge < -0.3 is 19.4 Å². The molecule has 0 aliphatic carbocycles. The first kappa shape index (κ1) is 20.4. The summed E-state index contributed by atoms with van der Waals surface area (Å²) in [5, 5.41) is 2.54. The molecule has 2 aromatic heterocycles. The molecule has 0 spiro atoms. The second-order valence-electron chi connectivity index (χ2n) is 7.10. The van der Waals surface area contributed by atoms with Crippen molar-refractivity contribution < 1.29 is 19.1 Å². The second-order valence-corrected chi connectivity index (χ2v) is 7.10. The van der Waals surface area contributed by atoms with E-state index in [0.717, 1.165) is 12.1 Å². The maximum absolute atomic E-state index is 12.0. The zero-order valence-electron chi connectivity index (χ0n) is 16.1. The maximum Gasteiger partial charge on any atom is 0.408 e. The van der Waals surface area contributed by atoms with E-state index in [4.69, 9.17) is 9.47 Å². The van der Waals surface area contributed by atoms with Crippen LogP contribution in [0, 0.1) is 0 Å². The SMILES string of the molecule is COC(=O)[C@H](Cc1cn(CCc2ccccn2)cn1)NC(=O)OC(C)(C)C. The largest absolute Gasteiger partial charge is 0.467 e. The summed E-state index contributed by atoms with van der Waals surface area (Å²) in [6, 6.07) is 4.92. The molecule has 27 heavy (non-hydrogen) atoms. The molecule has 1 amide bonds. The highest BCUT2D eigenvalue weighted by atomic mass is 16.6. The minimum Gasteiger partial charge on any atom is -0.467 e. The van der Waals surface area contributed by atoms with Crippen LogP contribution in [0.25, 0.3) is 0 Å². The fraction of sp³-hybridized carbons (Fsp3) is 0.474. The van der Waals surface area contributed by atoms with Crippen molar-refractivity contribution in [1.29, 1.82) is 0 Å². The number of methoxy groups -OCH3 is 1. The minimum absolute atomic E-state index is 0.211. The summed E-state index contributed by atoms with van der Waals surface area (Å²) in [6.07, 6.45) is 5.61. The number of esters is 1. The van der Waals surface area contributed by atoms with E-state index in [-0.39, 0.29) is 6.42 Å². The summed E-state index contributed by atoms with van der Waals surface area (Å²) in [4.78, 5) is 32.6. The summed E-state index contributed by atoms with van der Waals surface area (Å²) in [5.74, 6) is -0.552. The Morgan fingerprint density at radius 3 is 2.63 bits per heavy atom. The number of nitrogens with zero attached hydrogens (tertiary/aromatic N) is 3. The number of ether oxygens (including phenoxy) is 2. The van der Waals surface area contributed by atoms with Crippen LogP contribution in [0.1, 0.15) is 32.2 Å². The van der Waals surface area contributed by atoms with E-state index >= 15 is 0 Å². The van der Waals surface area contributed by atoms with Crippen molar-refractivity contribution in [3.05, 3.63) is 48.3 Å². The Bertz CT molecular complexity index is 753. The molecule has 8 heteroatoms. The van der Waals surface area contributed by atoms with E-state index in [2.05, 4.69) is 15.3 Å². The number of carbonyl (C=O) groups is 2. The summed E-state index contributed by atoms with van der Waals surface area (Å²) in [7, 11) is 1.28. The zero-order valence-corrected chi connectivity index (χ0v) is 16.1. The van der Waals surface area contributed by atoms with Gasteiger partial charge in [-0.1, -0.05) is 6.07 Å². The molecule has 0 unspecified atom stereocenters. The van der Waals surface area contributed by atoms with E-state index in [9.17, 15) is 9.59 Å². The highest BCUT2D eigenvalue weighted by Gasteiger charge is 2.26. The van der Waals surface area contributed by atoms with E-state index < -0.39 is 23.7 Å². The highest BCUT2D eigenvalue weighted by molar-refractivity contribution is 5.81. The van der Waals surface area contributed by atoms with Crippen LogP contribution in [0.15, 0.2) is 36.9 Å². The Morgan fingerprint density at radius 2 is 2.00 bits per heavy atom. The quantitative estimate of drug-likeness (QED) is 0.746. The molecule has 1 atom stereocenters. The molecule has 8 nitrogen and oxygen atoms in total. The molecular weight excluding hydrogens is 348 g/mol. The van der Waals surface area contributed by atoms with Gasteiger partial charge in [0.15, 0.2) is 0 Å². The molecule has 1 N–H and O–H groups in total. The van der Waals surface area contributed by atoms with E-state index in [1.807, 2.05) is 29.0 Å². The smallest absolute Gasteiger partial charge is 0.408 e. The average molecular weight is 374 g/mol. The lowest BCUT2D eigenvalue weighted by Crippen LogP contribution is -2.45. The molecule has 0 aliphatic rings. The Kier molecular flexibility index (Phi) is 6.92. The van der Waals surface area contributed by atoms with E-state index in [1.165, 1.54) is 7.11 Å². The third-order valence-electron chi connectivity index (χ3n) is 3.63. The number of amides is 1. The van der Waals surface area contributed by atoms with Gasteiger partial charge in [0.1, 0.15) is 11.6 Å². The number of alkyl carbamates (subject to hydrolysis) is 1. The first-order valence-electron chi connectivity index (χ1n) is 8.75. The topological polar surface area (TPSA) is 95.3 Å². The third kappa shape index (κ3) is 7.08. The molecule has 0 bridgehead atoms. The Morgan fingerprint density at radius 1 is 1.22 bits per heavy atom. The third-order valence-corrected chi connectivity index (χ3v) is 3.63. The van der Waals surface area contributed by atoms with Gasteiger partial charge in [-0.2, -0.15) is 0 Å². The predicted molar refractivity (Wildman–Crippen MR) is 99.0 cm³/mol. The molecule has 2 aromatic rings. The normalized spacial score (nSPS) is 12.3. The molecule has 0 saturated heterocycles. The van der Waals surface area contributed by atoms with Crippen molar-refractivity contribution in [3.8, 4) is 0 Å². The van der Waals surface area contributed by atoms with Crippen LogP contribution < -0.4 is 5.32 Å². The van der Waals surface area contributed by atoms with Crippen LogP contribution in [0.4, 0.5) is 4.79 Å². The lowest BCUT2D eigenvalue weighted by atomic mass is 10.1. The van der Waals surface area contributed by atoms with E-state index in [1.54, 1.807) is 33.3 Å². The average Bonchev–Trinajstić information content (AvgIpc) is 3.05. The Balaban J connectivity index is 1.95. The predicted octanol–water partition coefficient (Wildman–Crippen LogP) is 2.13. The lowest BCUT2D eigenvalue weighted by molar-refractivity contribution is -0.143. The number of nitrogens with one attached hydrogen (secondary N) is 1. The molecule has 0 aromatic carbocycles. The Labute approximate surface area is 158 Å². The Hall–Kier alpha value is -2.90. The van der Waals surface area contributed by atoms with Crippen molar-refractivity contribution in [2.24, 2.45) is 0 Å². The van der Waals surface area contributed by atoms with Gasteiger partial charge in [-0.15, -0.1) is 0 Å². The van der Waals surface area contributed by atoms with Crippen LogP contribution in [0.5, 0.6) is 0 Å². The van der Waals surface area contributed by atoms with Crippen molar-refractivity contribution in [1.82, 2.24) is 19.9 Å². The molecule has 0 fully saturated rings. The summed E-state index contributed by atoms with van der Waals surface area (Å²) in [5.41, 5.74) is 1.01. The van der Waals surface area contributed by atoms with Crippen molar-refractivity contribution in [2.75, 3.05) is 7.11 Å². The van der Waals surface area contributed by atoms with Crippen LogP contribution >= 0.6 is 0 Å². The summed E-state index contributed by atoms with van der Waals surface area (Å²) in [6.45, 7) is 5.97. The number of aryl methyl sites for hydroxylation is 2. The van der Waals surface area contributed by atoms with Gasteiger partial charge in [-0.25, -0.2) is 14.6 Å². The van der Waals surface area contributed by atoms with Gasteiger partial charge in [-0.05, 0) is 32.9 Å². The number of pyridine rings is 1. The van der Waals surface area contributed by atoms with Gasteiger partial charge in [0.2, 0.25) is 0 Å². The van der Waals surface area contributed by atoms with Crippen LogP contribution in [0.2, 0.25) is 0 Å². The number of imidazole rings is 1. The van der Waals surface area contributed by atoms with Gasteiger partial charge >= 0.3 is 12.1 Å². The van der Waals surface area contributed by atoms with E-state index in [0.29, 0.717) is 12.2 Å². The molecular formula is C19H26N4O4. The lowest BCUT2D eigenvalue weighted by Gasteiger charge is -2.22. The molecule has 2 heterocycles. The number of aromatic nitrogens is 3. The number of hydrogen-bond donors (Lipinski definition) is 1. The first-order chi connectivity index (χ1) is 12.8. The maximum atomic E-state index is 12.0. The van der Waals surface area contributed by atoms with Crippen molar-refractivity contribution in [3.63, 3.8) is 0 Å². The van der Waals surface area contributed by atoms with Gasteiger partial charge in [0.05, 0.1) is 19.1 Å². The monoisotopic (exact) mass is 374 g/mol. The van der Waals surface area contributed by atoms with Crippen LogP contribution in [0.3, 0.4) is 0 Å². The standard InChI is InChI=1S/C19H26N4O4/c1-19(2,3)27-18(25)22-16(17(24)26-4)11-15-12-23(13-21-15)10-8-14-7-5-6-9-20-14/h5-7,9,12-13,16H,8,10-11H2,1-4H3,(H,22,25)/t16-/m0/s1. The fourth-order valence-corrected chi connectivity index (χ4v) is 2.42. The van der Waals surface area contributed by atoms with Gasteiger partial charge in [0, 0.05) is 37.5 Å². The number of carbonyl (C=O) groups excluding carboxylic acids is 2. The summed E-state index contributed by atoms with van der Waals surface area (Å²) >= 11 is 0. The number of hydrogen-bond acceptors (Lipinski definition) is 6. The van der Waals surface area contributed by atoms with Crippen LogP contribution in [-0.2, 0) is 33.7 Å². The zero-order chi connectivity index (χ0) is 19.9. The van der Waals surface area contributed by atoms with Gasteiger partial charge in [-0.3, -0.25) is 4.98 Å². The molecule has 0 saturated carbocycles. The molecule has 146 valence electrons. The van der Waals surface area contributed by atoms with Gasteiger partial charge in [0.25, 0.3) is 0 Å². The highest BCUT2D eigenvalue weighted by Crippen LogP contribution is 2.09. The molecule has 2 rings (SSSR count).